The number of aliphatic imine (C=N–C) groups is 2. The Hall–Kier alpha value is -5.08. The van der Waals surface area contributed by atoms with Crippen LogP contribution in [0.25, 0.3) is 5.69 Å². The molecule has 0 fully saturated rings. The highest BCUT2D eigenvalue weighted by molar-refractivity contribution is 6.51. The third-order valence-electron chi connectivity index (χ3n) is 7.49. The van der Waals surface area contributed by atoms with Crippen LogP contribution in [-0.4, -0.2) is 35.7 Å². The van der Waals surface area contributed by atoms with E-state index in [-0.39, 0.29) is 6.04 Å². The number of aromatic nitrogens is 2. The summed E-state index contributed by atoms with van der Waals surface area (Å²) in [4.78, 5) is 12.5. The number of methoxy groups -OCH3 is 2. The fourth-order valence-corrected chi connectivity index (χ4v) is 5.87. The summed E-state index contributed by atoms with van der Waals surface area (Å²) in [5.74, 6) is 3.35. The highest BCUT2D eigenvalue weighted by Crippen LogP contribution is 2.49. The van der Waals surface area contributed by atoms with E-state index in [1.165, 1.54) is 0 Å². The molecule has 2 aliphatic heterocycles. The summed E-state index contributed by atoms with van der Waals surface area (Å²) in [5, 5.41) is 8.98. The smallest absolute Gasteiger partial charge is 0.179 e. The number of nitrogens with one attached hydrogen (secondary N) is 1. The van der Waals surface area contributed by atoms with Crippen LogP contribution in [0.2, 0.25) is 5.02 Å². The van der Waals surface area contributed by atoms with Crippen molar-refractivity contribution in [2.24, 2.45) is 9.98 Å². The fraction of sp³-hybridized carbons (Fsp3) is 0.121. The first kappa shape index (κ1) is 25.9. The Morgan fingerprint density at radius 2 is 1.55 bits per heavy atom. The molecule has 2 aliphatic rings. The second-order valence-corrected chi connectivity index (χ2v) is 10.4. The number of nitrogens with zero attached hydrogens (tertiary/aromatic N) is 5. The van der Waals surface area contributed by atoms with Crippen molar-refractivity contribution < 1.29 is 9.47 Å². The van der Waals surface area contributed by atoms with E-state index in [4.69, 9.17) is 36.2 Å². The van der Waals surface area contributed by atoms with Gasteiger partial charge in [0.25, 0.3) is 0 Å². The van der Waals surface area contributed by atoms with Crippen LogP contribution in [0.15, 0.2) is 107 Å². The zero-order valence-electron chi connectivity index (χ0n) is 23.2. The van der Waals surface area contributed by atoms with Crippen molar-refractivity contribution >= 4 is 46.2 Å². The summed E-state index contributed by atoms with van der Waals surface area (Å²) in [5.41, 5.74) is 6.29. The molecule has 1 aromatic heterocycles. The first-order valence-electron chi connectivity index (χ1n) is 13.5. The predicted molar refractivity (Wildman–Crippen MR) is 168 cm³/mol. The highest BCUT2D eigenvalue weighted by atomic mass is 35.5. The molecule has 0 amide bonds. The Kier molecular flexibility index (Phi) is 6.40. The van der Waals surface area contributed by atoms with E-state index >= 15 is 0 Å². The third kappa shape index (κ3) is 4.19. The van der Waals surface area contributed by atoms with Crippen molar-refractivity contribution in [2.75, 3.05) is 24.4 Å². The summed E-state index contributed by atoms with van der Waals surface area (Å²) < 4.78 is 13.2. The quantitative estimate of drug-likeness (QED) is 0.233. The zero-order valence-corrected chi connectivity index (χ0v) is 24.0. The number of halogens is 1. The second-order valence-electron chi connectivity index (χ2n) is 9.94. The van der Waals surface area contributed by atoms with E-state index in [1.807, 2.05) is 96.5 Å². The number of ether oxygens (including phenoxy) is 2. The topological polar surface area (TPSA) is 76.3 Å². The van der Waals surface area contributed by atoms with Crippen LogP contribution in [0.3, 0.4) is 0 Å². The Labute approximate surface area is 248 Å². The van der Waals surface area contributed by atoms with E-state index in [1.54, 1.807) is 14.2 Å². The van der Waals surface area contributed by atoms with Crippen LogP contribution < -0.4 is 19.7 Å². The molecule has 0 saturated heterocycles. The first-order valence-corrected chi connectivity index (χ1v) is 13.9. The molecule has 42 heavy (non-hydrogen) atoms. The molecule has 208 valence electrons. The minimum atomic E-state index is -0.297. The molecule has 3 heterocycles. The number of hydrogen-bond acceptors (Lipinski definition) is 7. The van der Waals surface area contributed by atoms with Crippen LogP contribution in [0.1, 0.15) is 22.9 Å². The minimum absolute atomic E-state index is 0.297. The van der Waals surface area contributed by atoms with Crippen molar-refractivity contribution in [1.29, 1.82) is 0 Å². The van der Waals surface area contributed by atoms with Crippen molar-refractivity contribution in [3.8, 4) is 17.2 Å². The molecule has 1 atom stereocenters. The van der Waals surface area contributed by atoms with Crippen molar-refractivity contribution in [1.82, 2.24) is 9.78 Å². The number of aryl methyl sites for hydroxylation is 1. The number of rotatable bonds is 5. The summed E-state index contributed by atoms with van der Waals surface area (Å²) >= 11 is 6.49. The number of hydrogen-bond donors (Lipinski definition) is 1. The molecule has 9 heteroatoms. The van der Waals surface area contributed by atoms with Gasteiger partial charge < -0.3 is 19.7 Å². The SMILES string of the molecule is COc1ccc(NC2=Nc3ccccc3N3C2=Nc2c(c(C)nn2-c2ccccc2)[C@H]3c2ccccc2OC)cc1Cl. The number of anilines is 2. The predicted octanol–water partition coefficient (Wildman–Crippen LogP) is 7.65. The first-order chi connectivity index (χ1) is 20.6. The third-order valence-corrected chi connectivity index (χ3v) is 7.78. The lowest BCUT2D eigenvalue weighted by atomic mass is 9.92. The number of benzene rings is 4. The van der Waals surface area contributed by atoms with Gasteiger partial charge in [0, 0.05) is 16.8 Å². The summed E-state index contributed by atoms with van der Waals surface area (Å²) in [6, 6.07) is 31.5. The maximum atomic E-state index is 6.49. The largest absolute Gasteiger partial charge is 0.496 e. The molecule has 0 aliphatic carbocycles. The van der Waals surface area contributed by atoms with Gasteiger partial charge in [-0.05, 0) is 55.5 Å². The lowest BCUT2D eigenvalue weighted by molar-refractivity contribution is 0.407. The number of fused-ring (bicyclic) bond motifs is 4. The van der Waals surface area contributed by atoms with Gasteiger partial charge in [-0.1, -0.05) is 60.1 Å². The molecule has 1 N–H and O–H groups in total. The number of amidine groups is 2. The van der Waals surface area contributed by atoms with E-state index in [0.717, 1.165) is 51.1 Å². The van der Waals surface area contributed by atoms with Gasteiger partial charge in [-0.2, -0.15) is 5.10 Å². The monoisotopic (exact) mass is 574 g/mol. The van der Waals surface area contributed by atoms with Crippen molar-refractivity contribution in [3.63, 3.8) is 0 Å². The minimum Gasteiger partial charge on any atom is -0.496 e. The summed E-state index contributed by atoms with van der Waals surface area (Å²) in [7, 11) is 3.29. The van der Waals surface area contributed by atoms with Gasteiger partial charge >= 0.3 is 0 Å². The van der Waals surface area contributed by atoms with Crippen LogP contribution in [0.5, 0.6) is 11.5 Å². The molecule has 0 bridgehead atoms. The molecule has 0 saturated carbocycles. The standard InChI is InChI=1S/C33H27ClN6O2/c1-20-29-30(23-13-7-10-16-27(23)41-2)39-26-15-9-8-14-25(26)36-31(35-21-17-18-28(42-3)24(34)19-21)33(39)37-32(29)40(38-20)22-11-5-4-6-12-22/h4-19,30H,1-3H3,(H,35,36)/t30-/m1/s1. The number of para-hydroxylation sites is 4. The Balaban J connectivity index is 1.49. The Morgan fingerprint density at radius 1 is 0.810 bits per heavy atom. The highest BCUT2D eigenvalue weighted by Gasteiger charge is 2.42. The summed E-state index contributed by atoms with van der Waals surface area (Å²) in [6.07, 6.45) is 0. The second kappa shape index (κ2) is 10.4. The van der Waals surface area contributed by atoms with Crippen molar-refractivity contribution in [2.45, 2.75) is 13.0 Å². The van der Waals surface area contributed by atoms with Crippen LogP contribution in [-0.2, 0) is 0 Å². The van der Waals surface area contributed by atoms with Gasteiger partial charge in [0.05, 0.1) is 48.0 Å². The normalized spacial score (nSPS) is 15.1. The Morgan fingerprint density at radius 3 is 2.33 bits per heavy atom. The average Bonchev–Trinajstić information content (AvgIpc) is 3.36. The van der Waals surface area contributed by atoms with Gasteiger partial charge in [0.2, 0.25) is 0 Å². The molecule has 0 radical (unpaired) electrons. The molecule has 5 aromatic rings. The van der Waals surface area contributed by atoms with E-state index in [9.17, 15) is 0 Å². The molecule has 8 nitrogen and oxygen atoms in total. The van der Waals surface area contributed by atoms with Gasteiger partial charge in [-0.3, -0.25) is 0 Å². The van der Waals surface area contributed by atoms with E-state index < -0.39 is 0 Å². The van der Waals surface area contributed by atoms with Gasteiger partial charge in [0.15, 0.2) is 17.5 Å². The molecule has 0 spiro atoms. The van der Waals surface area contributed by atoms with Crippen LogP contribution in [0.4, 0.5) is 22.9 Å². The molecular formula is C33H27ClN6O2. The maximum Gasteiger partial charge on any atom is 0.179 e. The Bertz CT molecular complexity index is 1880. The lowest BCUT2D eigenvalue weighted by Crippen LogP contribution is -2.46. The van der Waals surface area contributed by atoms with Crippen LogP contribution >= 0.6 is 11.6 Å². The van der Waals surface area contributed by atoms with Gasteiger partial charge in [-0.15, -0.1) is 0 Å². The van der Waals surface area contributed by atoms with Crippen molar-refractivity contribution in [3.05, 3.63) is 119 Å². The zero-order chi connectivity index (χ0) is 28.8. The average molecular weight is 575 g/mol. The van der Waals surface area contributed by atoms with E-state index in [0.29, 0.717) is 22.4 Å². The van der Waals surface area contributed by atoms with Gasteiger partial charge in [0.1, 0.15) is 11.5 Å². The lowest BCUT2D eigenvalue weighted by Gasteiger charge is -2.41. The van der Waals surface area contributed by atoms with Crippen LogP contribution in [0, 0.1) is 6.92 Å². The molecule has 4 aromatic carbocycles. The molecular weight excluding hydrogens is 548 g/mol. The molecule has 0 unspecified atom stereocenters. The fourth-order valence-electron chi connectivity index (χ4n) is 5.61. The molecule has 7 rings (SSSR count). The maximum absolute atomic E-state index is 6.49. The van der Waals surface area contributed by atoms with E-state index in [2.05, 4.69) is 22.3 Å². The summed E-state index contributed by atoms with van der Waals surface area (Å²) in [6.45, 7) is 2.03. The van der Waals surface area contributed by atoms with Gasteiger partial charge in [-0.25, -0.2) is 14.7 Å².